The van der Waals surface area contributed by atoms with E-state index in [1.165, 1.54) is 19.3 Å². The first-order chi connectivity index (χ1) is 19.5. The number of hydrogen-bond donors (Lipinski definition) is 2. The van der Waals surface area contributed by atoms with Crippen LogP contribution in [0.25, 0.3) is 22.2 Å². The van der Waals surface area contributed by atoms with Gasteiger partial charge in [0.15, 0.2) is 0 Å². The van der Waals surface area contributed by atoms with Crippen molar-refractivity contribution < 1.29 is 19.6 Å². The van der Waals surface area contributed by atoms with Crippen molar-refractivity contribution in [2.24, 2.45) is 0 Å². The fourth-order valence-electron chi connectivity index (χ4n) is 4.55. The fraction of sp³-hybridized carbons (Fsp3) is 0.531. The third-order valence-corrected chi connectivity index (χ3v) is 6.64. The molecule has 2 aromatic carbocycles. The fourth-order valence-corrected chi connectivity index (χ4v) is 4.55. The molecule has 8 heteroatoms. The predicted octanol–water partition coefficient (Wildman–Crippen LogP) is 6.97. The van der Waals surface area contributed by atoms with Crippen LogP contribution in [0.3, 0.4) is 0 Å². The largest absolute Gasteiger partial charge is 0.493 e. The first kappa shape index (κ1) is 33.1. The molecule has 1 saturated heterocycles. The van der Waals surface area contributed by atoms with Crippen LogP contribution in [-0.2, 0) is 16.2 Å². The van der Waals surface area contributed by atoms with Crippen LogP contribution in [0.2, 0.25) is 0 Å². The molecule has 2 heterocycles. The molecule has 3 N–H and O–H groups in total. The van der Waals surface area contributed by atoms with Crippen LogP contribution in [0, 0.1) is 11.3 Å². The highest BCUT2D eigenvalue weighted by atomic mass is 17.1. The normalized spacial score (nSPS) is 13.1. The van der Waals surface area contributed by atoms with Gasteiger partial charge in [-0.15, -0.1) is 0 Å². The first-order valence-corrected chi connectivity index (χ1v) is 14.7. The van der Waals surface area contributed by atoms with Gasteiger partial charge >= 0.3 is 0 Å². The number of nitrogens with zero attached hydrogens (tertiary/aromatic N) is 3. The molecule has 3 aromatic rings. The van der Waals surface area contributed by atoms with Crippen molar-refractivity contribution in [2.75, 3.05) is 51.8 Å². The van der Waals surface area contributed by atoms with Crippen molar-refractivity contribution in [3.8, 4) is 23.1 Å². The van der Waals surface area contributed by atoms with Crippen LogP contribution in [0.4, 0.5) is 5.69 Å². The van der Waals surface area contributed by atoms with E-state index in [0.29, 0.717) is 24.5 Å². The van der Waals surface area contributed by atoms with Crippen LogP contribution >= 0.6 is 0 Å². The van der Waals surface area contributed by atoms with Crippen LogP contribution < -0.4 is 10.5 Å². The van der Waals surface area contributed by atoms with Crippen molar-refractivity contribution in [3.05, 3.63) is 48.0 Å². The molecule has 0 bridgehead atoms. The molecule has 40 heavy (non-hydrogen) atoms. The molecule has 4 rings (SSSR count). The molecule has 0 amide bonds. The van der Waals surface area contributed by atoms with Gasteiger partial charge in [-0.1, -0.05) is 52.2 Å². The number of nitrogens with two attached hydrogens (primary N) is 1. The lowest BCUT2D eigenvalue weighted by molar-refractivity contribution is -0.241. The van der Waals surface area contributed by atoms with Gasteiger partial charge in [-0.05, 0) is 49.6 Å². The Balaban J connectivity index is 0.000000482. The number of morpholine rings is 1. The van der Waals surface area contributed by atoms with Crippen LogP contribution in [-0.4, -0.2) is 60.8 Å². The number of nitriles is 1. The van der Waals surface area contributed by atoms with Crippen molar-refractivity contribution in [3.63, 3.8) is 0 Å². The van der Waals surface area contributed by atoms with E-state index in [9.17, 15) is 5.26 Å². The molecule has 1 aromatic heterocycles. The maximum Gasteiger partial charge on any atom is 0.121 e. The molecule has 0 aliphatic carbocycles. The highest BCUT2D eigenvalue weighted by Gasteiger charge is 2.18. The quantitative estimate of drug-likeness (QED) is 0.115. The summed E-state index contributed by atoms with van der Waals surface area (Å²) in [5, 5.41) is 18.4. The van der Waals surface area contributed by atoms with Crippen LogP contribution in [0.1, 0.15) is 65.4 Å². The molecule has 0 saturated carbocycles. The van der Waals surface area contributed by atoms with Gasteiger partial charge in [0.1, 0.15) is 11.8 Å². The Hall–Kier alpha value is -3.09. The molecule has 1 fully saturated rings. The second kappa shape index (κ2) is 19.1. The van der Waals surface area contributed by atoms with Crippen LogP contribution in [0.5, 0.6) is 5.75 Å². The number of nitrogen functional groups attached to an aromatic ring is 1. The minimum Gasteiger partial charge on any atom is -0.493 e. The summed E-state index contributed by atoms with van der Waals surface area (Å²) >= 11 is 0. The van der Waals surface area contributed by atoms with Gasteiger partial charge in [0.2, 0.25) is 0 Å². The maximum atomic E-state index is 9.87. The lowest BCUT2D eigenvalue weighted by atomic mass is 10.1. The second-order valence-electron chi connectivity index (χ2n) is 9.72. The number of hydrogen-bond acceptors (Lipinski definition) is 7. The third-order valence-electron chi connectivity index (χ3n) is 6.64. The van der Waals surface area contributed by atoms with Gasteiger partial charge in [-0.2, -0.15) is 5.26 Å². The zero-order chi connectivity index (χ0) is 29.2. The van der Waals surface area contributed by atoms with E-state index in [2.05, 4.69) is 47.3 Å². The average Bonchev–Trinajstić information content (AvgIpc) is 3.30. The van der Waals surface area contributed by atoms with E-state index in [1.807, 2.05) is 43.3 Å². The Labute approximate surface area is 240 Å². The van der Waals surface area contributed by atoms with Gasteiger partial charge in [0.05, 0.1) is 43.2 Å². The Morgan fingerprint density at radius 2 is 1.65 bits per heavy atom. The van der Waals surface area contributed by atoms with E-state index in [4.69, 9.17) is 20.5 Å². The molecule has 0 radical (unpaired) electrons. The van der Waals surface area contributed by atoms with Gasteiger partial charge in [0.25, 0.3) is 0 Å². The minimum atomic E-state index is 0.444. The van der Waals surface area contributed by atoms with Gasteiger partial charge in [0, 0.05) is 43.3 Å². The number of rotatable bonds is 11. The number of unbranched alkanes of at least 4 members (excludes halogenated alkanes) is 2. The van der Waals surface area contributed by atoms with Crippen molar-refractivity contribution >= 4 is 16.6 Å². The third kappa shape index (κ3) is 10.1. The zero-order valence-corrected chi connectivity index (χ0v) is 24.8. The summed E-state index contributed by atoms with van der Waals surface area (Å²) in [6, 6.07) is 16.1. The van der Waals surface area contributed by atoms with E-state index in [1.54, 1.807) is 0 Å². The lowest BCUT2D eigenvalue weighted by Gasteiger charge is -2.26. The number of aryl methyl sites for hydroxylation is 1. The maximum absolute atomic E-state index is 9.87. The summed E-state index contributed by atoms with van der Waals surface area (Å²) in [5.41, 5.74) is 10.2. The molecule has 1 aliphatic rings. The number of ether oxygens (including phenoxy) is 2. The molecule has 1 aliphatic heterocycles. The van der Waals surface area contributed by atoms with Crippen molar-refractivity contribution in [1.29, 1.82) is 5.26 Å². The number of anilines is 1. The highest BCUT2D eigenvalue weighted by Crippen LogP contribution is 2.35. The Morgan fingerprint density at radius 3 is 2.17 bits per heavy atom. The Morgan fingerprint density at radius 1 is 0.950 bits per heavy atom. The molecule has 0 unspecified atom stereocenters. The molecule has 0 spiro atoms. The summed E-state index contributed by atoms with van der Waals surface area (Å²) < 4.78 is 13.6. The van der Waals surface area contributed by atoms with E-state index in [-0.39, 0.29) is 0 Å². The smallest absolute Gasteiger partial charge is 0.121 e. The summed E-state index contributed by atoms with van der Waals surface area (Å²) in [6.07, 6.45) is 5.93. The van der Waals surface area contributed by atoms with Crippen LogP contribution in [0.15, 0.2) is 42.5 Å². The van der Waals surface area contributed by atoms with Crippen molar-refractivity contribution in [2.45, 2.75) is 66.3 Å². The molecule has 220 valence electrons. The topological polar surface area (TPSA) is 106 Å². The summed E-state index contributed by atoms with van der Waals surface area (Å²) in [6.45, 7) is 15.0. The van der Waals surface area contributed by atoms with Gasteiger partial charge in [-0.25, -0.2) is 4.89 Å². The predicted molar refractivity (Wildman–Crippen MR) is 164 cm³/mol. The number of fused-ring (bicyclic) bond motifs is 1. The van der Waals surface area contributed by atoms with Gasteiger partial charge in [-0.3, -0.25) is 10.2 Å². The Kier molecular flexibility index (Phi) is 15.8. The van der Waals surface area contributed by atoms with Gasteiger partial charge < -0.3 is 19.8 Å². The molecular formula is C32H48N4O4. The highest BCUT2D eigenvalue weighted by molar-refractivity contribution is 5.95. The number of aromatic nitrogens is 1. The zero-order valence-electron chi connectivity index (χ0n) is 24.8. The summed E-state index contributed by atoms with van der Waals surface area (Å²) in [4.78, 5) is 6.10. The minimum absolute atomic E-state index is 0.444. The number of benzene rings is 2. The molecule has 0 atom stereocenters. The van der Waals surface area contributed by atoms with E-state index >= 15 is 0 Å². The van der Waals surface area contributed by atoms with Crippen molar-refractivity contribution in [1.82, 2.24) is 9.47 Å². The summed E-state index contributed by atoms with van der Waals surface area (Å²) in [5.74, 6) is 0.838. The van der Waals surface area contributed by atoms with E-state index in [0.717, 1.165) is 80.1 Å². The second-order valence-corrected chi connectivity index (χ2v) is 9.72. The lowest BCUT2D eigenvalue weighted by Crippen LogP contribution is -2.37. The Bertz CT molecular complexity index is 1140. The monoisotopic (exact) mass is 552 g/mol. The summed E-state index contributed by atoms with van der Waals surface area (Å²) in [7, 11) is 0. The van der Waals surface area contributed by atoms with E-state index < -0.39 is 0 Å². The SMILES string of the molecule is CCCCC.CCCOO.CCn1c(-c2ccc(N)cc2)c(C#N)c2ccc(OCCCN3CCOCC3)cc21. The molecular weight excluding hydrogens is 504 g/mol. The first-order valence-electron chi connectivity index (χ1n) is 14.7. The standard InChI is InChI=1S/C24H28N4O2.C5H12.C3H8O2/c1-2-28-23-16-20(30-13-3-10-27-11-14-29-15-12-27)8-9-21(23)22(17-25)24(28)18-4-6-19(26)7-5-18;1-3-5-4-2;1-2-3-5-4/h4-9,16H,2-3,10-15,26H2,1H3;3-5H2,1-2H3;4H,2-3H2,1H3. The average molecular weight is 553 g/mol. The molecule has 8 nitrogen and oxygen atoms in total.